The van der Waals surface area contributed by atoms with Gasteiger partial charge in [0.1, 0.15) is 9.36 Å². The number of hydrogen-bond donors (Lipinski definition) is 2. The van der Waals surface area contributed by atoms with Crippen LogP contribution in [0.25, 0.3) is 22.4 Å². The van der Waals surface area contributed by atoms with Crippen molar-refractivity contribution in [1.82, 2.24) is 9.47 Å². The lowest BCUT2D eigenvalue weighted by atomic mass is 10.2. The van der Waals surface area contributed by atoms with Crippen LogP contribution in [-0.4, -0.2) is 52.4 Å². The van der Waals surface area contributed by atoms with E-state index in [-0.39, 0.29) is 18.4 Å². The number of methoxy groups -OCH3 is 2. The maximum atomic E-state index is 13.5. The molecule has 3 aromatic rings. The van der Waals surface area contributed by atoms with Crippen molar-refractivity contribution in [2.75, 3.05) is 20.8 Å². The highest BCUT2D eigenvalue weighted by atomic mass is 32.2. The molecule has 1 aliphatic heterocycles. The molecule has 0 unspecified atom stereocenters. The summed E-state index contributed by atoms with van der Waals surface area (Å²) in [6.45, 7) is 6.06. The van der Waals surface area contributed by atoms with Crippen molar-refractivity contribution < 1.29 is 33.8 Å². The predicted molar refractivity (Wildman–Crippen MR) is 185 cm³/mol. The fraction of sp³-hybridized carbons (Fsp3) is 0.455. The van der Waals surface area contributed by atoms with E-state index in [1.165, 1.54) is 11.3 Å². The second-order valence-electron chi connectivity index (χ2n) is 10.9. The second kappa shape index (κ2) is 16.8. The Balaban J connectivity index is 1.68. The number of unbranched alkanes of at least 4 members (excludes halogenated alkanes) is 4. The van der Waals surface area contributed by atoms with Crippen molar-refractivity contribution in [3.8, 4) is 11.5 Å². The lowest BCUT2D eigenvalue weighted by molar-refractivity contribution is -0.669. The van der Waals surface area contributed by atoms with Gasteiger partial charge in [-0.15, -0.1) is 11.3 Å². The zero-order chi connectivity index (χ0) is 33.2. The standard InChI is InChI=1S/C33H41N3O7S3/c1-5-34-29(45-26(33(34)41)14-15-28-35(22(2)21-44-28)16-10-6-8-12-31(37)38)20-30-36(17-11-7-9-13-32(39)40)23-18-24(42-3)25(43-4)19-27(23)46-30/h14-15,18-21H,5-13,16-17H2,1-4H3,(H-,37,38,39,40)/p+1. The molecule has 0 bridgehead atoms. The van der Waals surface area contributed by atoms with Crippen molar-refractivity contribution in [2.24, 2.45) is 0 Å². The van der Waals surface area contributed by atoms with E-state index in [1.807, 2.05) is 31.2 Å². The molecule has 4 rings (SSSR count). The van der Waals surface area contributed by atoms with E-state index in [4.69, 9.17) is 19.7 Å². The number of aliphatic carboxylic acids is 2. The summed E-state index contributed by atoms with van der Waals surface area (Å²) < 4.78 is 17.7. The van der Waals surface area contributed by atoms with Crippen LogP contribution in [0.1, 0.15) is 70.2 Å². The number of thiazole rings is 2. The topological polar surface area (TPSA) is 122 Å². The van der Waals surface area contributed by atoms with Gasteiger partial charge in [-0.25, -0.2) is 0 Å². The van der Waals surface area contributed by atoms with Gasteiger partial charge < -0.3 is 24.6 Å². The molecular weight excluding hydrogens is 647 g/mol. The van der Waals surface area contributed by atoms with Crippen molar-refractivity contribution >= 4 is 68.7 Å². The third-order valence-electron chi connectivity index (χ3n) is 7.70. The van der Waals surface area contributed by atoms with Crippen LogP contribution in [0.3, 0.4) is 0 Å². The van der Waals surface area contributed by atoms with Gasteiger partial charge in [0.15, 0.2) is 18.0 Å². The largest absolute Gasteiger partial charge is 0.493 e. The smallest absolute Gasteiger partial charge is 0.303 e. The van der Waals surface area contributed by atoms with Crippen LogP contribution in [0.15, 0.2) is 39.1 Å². The highest BCUT2D eigenvalue weighted by Crippen LogP contribution is 2.35. The minimum absolute atomic E-state index is 0.0341. The molecular formula is C33H42N3O7S3+. The Morgan fingerprint density at radius 3 is 2.26 bits per heavy atom. The number of aromatic nitrogens is 2. The van der Waals surface area contributed by atoms with Gasteiger partial charge >= 0.3 is 11.9 Å². The molecule has 0 aliphatic carbocycles. The van der Waals surface area contributed by atoms with E-state index in [0.717, 1.165) is 62.8 Å². The fourth-order valence-electron chi connectivity index (χ4n) is 5.28. The Hall–Kier alpha value is -3.55. The normalized spacial score (nSPS) is 14.9. The highest BCUT2D eigenvalue weighted by molar-refractivity contribution is 8.06. The number of nitrogens with zero attached hydrogens (tertiary/aromatic N) is 3. The number of carboxylic acid groups (broad SMARTS) is 2. The zero-order valence-electron chi connectivity index (χ0n) is 26.7. The first-order valence-electron chi connectivity index (χ1n) is 15.4. The molecule has 1 aliphatic rings. The first kappa shape index (κ1) is 35.3. The van der Waals surface area contributed by atoms with Crippen LogP contribution in [0.4, 0.5) is 0 Å². The van der Waals surface area contributed by atoms with Gasteiger partial charge in [-0.1, -0.05) is 29.5 Å². The van der Waals surface area contributed by atoms with Crippen molar-refractivity contribution in [2.45, 2.75) is 78.3 Å². The minimum atomic E-state index is -0.781. The average molecular weight is 689 g/mol. The summed E-state index contributed by atoms with van der Waals surface area (Å²) in [7, 11) is 3.23. The SMILES string of the molecule is CCn1c(=Cc2sc3cc(OC)c(OC)cc3[n+]2CCCCCC(=O)O)sc(=CC=C2SC=C(C)N2CCCCCC(=O)O)c1=O. The van der Waals surface area contributed by atoms with E-state index in [9.17, 15) is 14.4 Å². The third kappa shape index (κ3) is 8.83. The van der Waals surface area contributed by atoms with E-state index < -0.39 is 11.9 Å². The van der Waals surface area contributed by atoms with Crippen LogP contribution in [-0.2, 0) is 22.7 Å². The molecule has 10 nitrogen and oxygen atoms in total. The first-order valence-corrected chi connectivity index (χ1v) is 17.9. The molecule has 0 spiro atoms. The maximum Gasteiger partial charge on any atom is 0.303 e. The highest BCUT2D eigenvalue weighted by Gasteiger charge is 2.23. The summed E-state index contributed by atoms with van der Waals surface area (Å²) in [5.74, 6) is -0.262. The first-order chi connectivity index (χ1) is 22.2. The summed E-state index contributed by atoms with van der Waals surface area (Å²) in [6.07, 6.45) is 11.0. The van der Waals surface area contributed by atoms with Crippen LogP contribution in [0.5, 0.6) is 11.5 Å². The second-order valence-corrected chi connectivity index (χ2v) is 13.9. The molecule has 0 fully saturated rings. The number of thioether (sulfide) groups is 1. The average Bonchev–Trinajstić information content (AvgIpc) is 3.65. The number of ether oxygens (including phenoxy) is 2. The predicted octanol–water partition coefficient (Wildman–Crippen LogP) is 5.10. The number of hydrogen-bond acceptors (Lipinski definition) is 9. The van der Waals surface area contributed by atoms with Gasteiger partial charge in [0, 0.05) is 44.1 Å². The van der Waals surface area contributed by atoms with Crippen LogP contribution < -0.4 is 28.8 Å². The molecule has 0 amide bonds. The lowest BCUT2D eigenvalue weighted by Gasteiger charge is -2.21. The monoisotopic (exact) mass is 688 g/mol. The summed E-state index contributed by atoms with van der Waals surface area (Å²) in [5, 5.41) is 22.1. The molecule has 46 heavy (non-hydrogen) atoms. The Morgan fingerprint density at radius 2 is 1.61 bits per heavy atom. The molecule has 0 saturated heterocycles. The van der Waals surface area contributed by atoms with Crippen molar-refractivity contribution in [3.05, 3.63) is 58.9 Å². The van der Waals surface area contributed by atoms with Gasteiger partial charge in [0.25, 0.3) is 10.6 Å². The van der Waals surface area contributed by atoms with Crippen molar-refractivity contribution in [3.63, 3.8) is 0 Å². The van der Waals surface area contributed by atoms with E-state index in [2.05, 4.69) is 27.9 Å². The number of carboxylic acids is 2. The van der Waals surface area contributed by atoms with Crippen LogP contribution >= 0.6 is 34.4 Å². The Morgan fingerprint density at radius 1 is 0.935 bits per heavy atom. The van der Waals surface area contributed by atoms with E-state index in [0.29, 0.717) is 42.0 Å². The maximum absolute atomic E-state index is 13.5. The lowest BCUT2D eigenvalue weighted by Crippen LogP contribution is -2.36. The fourth-order valence-corrected chi connectivity index (χ4v) is 8.47. The number of aryl methyl sites for hydroxylation is 1. The van der Waals surface area contributed by atoms with Gasteiger partial charge in [-0.05, 0) is 57.1 Å². The number of allylic oxidation sites excluding steroid dienone is 2. The number of fused-ring (bicyclic) bond motifs is 1. The van der Waals surface area contributed by atoms with E-state index >= 15 is 0 Å². The summed E-state index contributed by atoms with van der Waals surface area (Å²) in [6, 6.07) is 3.94. The third-order valence-corrected chi connectivity index (χ3v) is 10.9. The molecule has 1 aromatic carbocycles. The molecule has 0 radical (unpaired) electrons. The Kier molecular flexibility index (Phi) is 12.9. The van der Waals surface area contributed by atoms with Gasteiger partial charge in [0.2, 0.25) is 5.52 Å². The summed E-state index contributed by atoms with van der Waals surface area (Å²) in [4.78, 5) is 37.5. The molecule has 2 aromatic heterocycles. The Labute approximate surface area is 280 Å². The summed E-state index contributed by atoms with van der Waals surface area (Å²) >= 11 is 4.70. The quantitative estimate of drug-likeness (QED) is 0.147. The molecule has 0 atom stereocenters. The molecule has 0 saturated carbocycles. The van der Waals surface area contributed by atoms with Gasteiger partial charge in [0.05, 0.1) is 35.9 Å². The molecule has 3 heterocycles. The molecule has 13 heteroatoms. The number of rotatable bonds is 17. The molecule has 248 valence electrons. The van der Waals surface area contributed by atoms with Crippen LogP contribution in [0, 0.1) is 0 Å². The minimum Gasteiger partial charge on any atom is -0.493 e. The Bertz CT molecular complexity index is 1800. The van der Waals surface area contributed by atoms with Gasteiger partial charge in [-0.3, -0.25) is 19.0 Å². The van der Waals surface area contributed by atoms with Crippen LogP contribution in [0.2, 0.25) is 0 Å². The summed E-state index contributed by atoms with van der Waals surface area (Å²) in [5.41, 5.74) is 2.10. The zero-order valence-corrected chi connectivity index (χ0v) is 29.2. The number of carbonyl (C=O) groups is 2. The molecule has 2 N–H and O–H groups in total. The van der Waals surface area contributed by atoms with E-state index in [1.54, 1.807) is 41.9 Å². The van der Waals surface area contributed by atoms with Gasteiger partial charge in [-0.2, -0.15) is 4.57 Å². The number of benzene rings is 1. The van der Waals surface area contributed by atoms with Crippen molar-refractivity contribution in [1.29, 1.82) is 0 Å².